The van der Waals surface area contributed by atoms with Crippen molar-refractivity contribution < 1.29 is 0 Å². The van der Waals surface area contributed by atoms with Gasteiger partial charge >= 0.3 is 0 Å². The Balaban J connectivity index is 2.01. The van der Waals surface area contributed by atoms with Gasteiger partial charge in [0.2, 0.25) is 0 Å². The van der Waals surface area contributed by atoms with Crippen molar-refractivity contribution in [3.63, 3.8) is 0 Å². The smallest absolute Gasteiger partial charge is 0.183 e. The highest BCUT2D eigenvalue weighted by molar-refractivity contribution is 7.13. The van der Waals surface area contributed by atoms with Crippen LogP contribution in [0, 0.1) is 0 Å². The zero-order valence-electron chi connectivity index (χ0n) is 8.79. The maximum absolute atomic E-state index is 5.67. The summed E-state index contributed by atoms with van der Waals surface area (Å²) < 4.78 is 0. The van der Waals surface area contributed by atoms with E-state index in [4.69, 9.17) is 5.73 Å². The third kappa shape index (κ3) is 1.90. The molecule has 3 N–H and O–H groups in total. The van der Waals surface area contributed by atoms with Gasteiger partial charge in [0.1, 0.15) is 0 Å². The molecule has 0 fully saturated rings. The van der Waals surface area contributed by atoms with Crippen LogP contribution >= 0.6 is 11.3 Å². The van der Waals surface area contributed by atoms with Crippen LogP contribution in [0.1, 0.15) is 0 Å². The van der Waals surface area contributed by atoms with E-state index in [0.717, 1.165) is 16.3 Å². The maximum Gasteiger partial charge on any atom is 0.183 e. The van der Waals surface area contributed by atoms with Gasteiger partial charge in [0.25, 0.3) is 0 Å². The molecule has 0 aliphatic rings. The second-order valence-corrected chi connectivity index (χ2v) is 4.44. The highest BCUT2D eigenvalue weighted by Crippen LogP contribution is 2.23. The molecule has 0 saturated heterocycles. The molecule has 0 bridgehead atoms. The number of H-pyrrole nitrogens is 1. The second kappa shape index (κ2) is 3.99. The van der Waals surface area contributed by atoms with Gasteiger partial charge in [-0.3, -0.25) is 10.1 Å². The highest BCUT2D eigenvalue weighted by atomic mass is 32.1. The van der Waals surface area contributed by atoms with Gasteiger partial charge in [-0.2, -0.15) is 5.10 Å². The van der Waals surface area contributed by atoms with Crippen molar-refractivity contribution in [2.24, 2.45) is 0 Å². The minimum atomic E-state index is 0.602. The molecule has 3 rings (SSSR count). The molecule has 3 aromatic heterocycles. The monoisotopic (exact) mass is 243 g/mol. The van der Waals surface area contributed by atoms with Crippen molar-refractivity contribution in [1.82, 2.24) is 20.2 Å². The van der Waals surface area contributed by atoms with E-state index in [1.165, 1.54) is 0 Å². The molecule has 0 atom stereocenters. The first-order valence-corrected chi connectivity index (χ1v) is 5.88. The van der Waals surface area contributed by atoms with Gasteiger partial charge in [-0.05, 0) is 17.5 Å². The Morgan fingerprint density at radius 2 is 2.24 bits per heavy atom. The van der Waals surface area contributed by atoms with Crippen LogP contribution in [0.5, 0.6) is 0 Å². The quantitative estimate of drug-likeness (QED) is 0.722. The van der Waals surface area contributed by atoms with E-state index in [1.807, 2.05) is 17.5 Å². The molecule has 0 unspecified atom stereocenters. The predicted molar refractivity (Wildman–Crippen MR) is 67.3 cm³/mol. The molecule has 0 spiro atoms. The predicted octanol–water partition coefficient (Wildman–Crippen LogP) is 2.18. The number of hydrogen-bond donors (Lipinski definition) is 2. The zero-order chi connectivity index (χ0) is 11.7. The lowest BCUT2D eigenvalue weighted by atomic mass is 10.2. The van der Waals surface area contributed by atoms with Crippen LogP contribution in [-0.4, -0.2) is 20.2 Å². The van der Waals surface area contributed by atoms with Gasteiger partial charge < -0.3 is 5.73 Å². The number of anilines is 1. The summed E-state index contributed by atoms with van der Waals surface area (Å²) in [5.41, 5.74) is 7.08. The largest absolute Gasteiger partial charge is 0.397 e. The lowest BCUT2D eigenvalue weighted by Crippen LogP contribution is -1.88. The maximum atomic E-state index is 5.67. The van der Waals surface area contributed by atoms with E-state index in [-0.39, 0.29) is 0 Å². The Bertz CT molecular complexity index is 629. The van der Waals surface area contributed by atoms with Gasteiger partial charge in [0.15, 0.2) is 11.6 Å². The molecule has 0 amide bonds. The number of hydrogen-bond acceptors (Lipinski definition) is 5. The molecule has 84 valence electrons. The summed E-state index contributed by atoms with van der Waals surface area (Å²) in [7, 11) is 0. The minimum absolute atomic E-state index is 0.602. The van der Waals surface area contributed by atoms with Gasteiger partial charge in [-0.15, -0.1) is 11.3 Å². The number of aromatic amines is 1. The number of nitrogens with two attached hydrogens (primary N) is 1. The van der Waals surface area contributed by atoms with E-state index in [2.05, 4.69) is 20.2 Å². The van der Waals surface area contributed by atoms with Crippen LogP contribution in [0.15, 0.2) is 36.0 Å². The molecule has 6 heteroatoms. The molecule has 0 aromatic carbocycles. The number of aromatic nitrogens is 4. The average molecular weight is 243 g/mol. The van der Waals surface area contributed by atoms with Crippen molar-refractivity contribution in [3.05, 3.63) is 36.0 Å². The Hall–Kier alpha value is -2.21. The Kier molecular flexibility index (Phi) is 2.34. The first-order valence-electron chi connectivity index (χ1n) is 5.00. The molecule has 0 radical (unpaired) electrons. The van der Waals surface area contributed by atoms with E-state index < -0.39 is 0 Å². The molecule has 5 nitrogen and oxygen atoms in total. The Labute approximate surface area is 101 Å². The summed E-state index contributed by atoms with van der Waals surface area (Å²) in [6.45, 7) is 0. The number of nitrogen functional groups attached to an aromatic ring is 1. The third-order valence-electron chi connectivity index (χ3n) is 2.26. The summed E-state index contributed by atoms with van der Waals surface area (Å²) in [5.74, 6) is 1.37. The van der Waals surface area contributed by atoms with Crippen LogP contribution in [0.3, 0.4) is 0 Å². The second-order valence-electron chi connectivity index (χ2n) is 3.49. The first-order chi connectivity index (χ1) is 8.33. The number of nitrogens with zero attached hydrogens (tertiary/aromatic N) is 3. The fraction of sp³-hybridized carbons (Fsp3) is 0. The molecule has 17 heavy (non-hydrogen) atoms. The molecular formula is C11H9N5S. The van der Waals surface area contributed by atoms with Crippen LogP contribution in [0.2, 0.25) is 0 Å². The topological polar surface area (TPSA) is 80.5 Å². The average Bonchev–Trinajstić information content (AvgIpc) is 3.00. The summed E-state index contributed by atoms with van der Waals surface area (Å²) in [4.78, 5) is 9.48. The number of rotatable bonds is 2. The standard InChI is InChI=1S/C11H9N5S/c12-8-4-7(5-13-6-8)10-14-11(16-15-10)9-2-1-3-17-9/h1-6H,12H2,(H,14,15,16). The summed E-state index contributed by atoms with van der Waals surface area (Å²) in [6.07, 6.45) is 3.29. The van der Waals surface area contributed by atoms with Gasteiger partial charge in [-0.1, -0.05) is 6.07 Å². The van der Waals surface area contributed by atoms with E-state index in [0.29, 0.717) is 11.5 Å². The minimum Gasteiger partial charge on any atom is -0.397 e. The van der Waals surface area contributed by atoms with Crippen molar-refractivity contribution >= 4 is 17.0 Å². The van der Waals surface area contributed by atoms with E-state index in [9.17, 15) is 0 Å². The number of thiophene rings is 1. The van der Waals surface area contributed by atoms with Crippen LogP contribution in [0.4, 0.5) is 5.69 Å². The van der Waals surface area contributed by atoms with Crippen LogP contribution in [0.25, 0.3) is 22.1 Å². The number of pyridine rings is 1. The van der Waals surface area contributed by atoms with Crippen molar-refractivity contribution in [3.8, 4) is 22.1 Å². The van der Waals surface area contributed by atoms with Crippen molar-refractivity contribution in [2.75, 3.05) is 5.73 Å². The van der Waals surface area contributed by atoms with Gasteiger partial charge in [0.05, 0.1) is 10.6 Å². The van der Waals surface area contributed by atoms with Crippen molar-refractivity contribution in [1.29, 1.82) is 0 Å². The Morgan fingerprint density at radius 1 is 1.29 bits per heavy atom. The molecule has 0 saturated carbocycles. The molecule has 0 aliphatic heterocycles. The SMILES string of the molecule is Nc1cncc(-c2n[nH]c(-c3cccs3)n2)c1. The summed E-state index contributed by atoms with van der Waals surface area (Å²) >= 11 is 1.61. The molecule has 3 aromatic rings. The van der Waals surface area contributed by atoms with Crippen LogP contribution < -0.4 is 5.73 Å². The lowest BCUT2D eigenvalue weighted by molar-refractivity contribution is 1.10. The first kappa shape index (κ1) is 9.98. The molecular weight excluding hydrogens is 234 g/mol. The fourth-order valence-electron chi connectivity index (χ4n) is 1.49. The Morgan fingerprint density at radius 3 is 3.00 bits per heavy atom. The highest BCUT2D eigenvalue weighted by Gasteiger charge is 2.08. The van der Waals surface area contributed by atoms with Gasteiger partial charge in [0, 0.05) is 18.0 Å². The van der Waals surface area contributed by atoms with E-state index >= 15 is 0 Å². The third-order valence-corrected chi connectivity index (χ3v) is 3.13. The fourth-order valence-corrected chi connectivity index (χ4v) is 2.16. The summed E-state index contributed by atoms with van der Waals surface area (Å²) in [6, 6.07) is 5.77. The molecule has 3 heterocycles. The van der Waals surface area contributed by atoms with Crippen LogP contribution in [-0.2, 0) is 0 Å². The zero-order valence-corrected chi connectivity index (χ0v) is 9.61. The molecule has 0 aliphatic carbocycles. The number of nitrogens with one attached hydrogen (secondary N) is 1. The lowest BCUT2D eigenvalue weighted by Gasteiger charge is -1.95. The van der Waals surface area contributed by atoms with Gasteiger partial charge in [-0.25, -0.2) is 4.98 Å². The summed E-state index contributed by atoms with van der Waals surface area (Å²) in [5, 5.41) is 9.06. The normalized spacial score (nSPS) is 10.6. The van der Waals surface area contributed by atoms with E-state index in [1.54, 1.807) is 29.8 Å². The van der Waals surface area contributed by atoms with Crippen molar-refractivity contribution in [2.45, 2.75) is 0 Å².